The molecule has 4 heteroatoms. The Kier molecular flexibility index (Phi) is 3.99. The molecule has 0 fully saturated rings. The van der Waals surface area contributed by atoms with Gasteiger partial charge in [0.1, 0.15) is 0 Å². The fraction of sp³-hybridized carbons (Fsp3) is 0.357. The monoisotopic (exact) mass is 263 g/mol. The quantitative estimate of drug-likeness (QED) is 0.900. The molecule has 2 aromatic rings. The predicted octanol–water partition coefficient (Wildman–Crippen LogP) is 3.20. The molecule has 1 N–H and O–H groups in total. The average Bonchev–Trinajstić information content (AvgIpc) is 2.69. The third-order valence-corrected chi connectivity index (χ3v) is 4.00. The van der Waals surface area contributed by atoms with E-state index in [1.807, 2.05) is 30.9 Å². The van der Waals surface area contributed by atoms with Crippen molar-refractivity contribution in [1.82, 2.24) is 4.90 Å². The molecule has 0 spiro atoms. The van der Waals surface area contributed by atoms with Gasteiger partial charge >= 0.3 is 5.97 Å². The first kappa shape index (κ1) is 13.1. The fourth-order valence-electron chi connectivity index (χ4n) is 1.91. The summed E-state index contributed by atoms with van der Waals surface area (Å²) in [6, 6.07) is 10.6. The van der Waals surface area contributed by atoms with Gasteiger partial charge in [0, 0.05) is 22.2 Å². The molecule has 1 heterocycles. The highest BCUT2D eigenvalue weighted by atomic mass is 32.1. The minimum Gasteiger partial charge on any atom is -0.480 e. The molecule has 0 saturated carbocycles. The normalized spacial score (nSPS) is 11.6. The molecule has 0 radical (unpaired) electrons. The lowest BCUT2D eigenvalue weighted by atomic mass is 10.2. The van der Waals surface area contributed by atoms with Crippen LogP contribution < -0.4 is 0 Å². The van der Waals surface area contributed by atoms with Gasteiger partial charge in [-0.25, -0.2) is 0 Å². The number of fused-ring (bicyclic) bond motifs is 1. The van der Waals surface area contributed by atoms with Crippen molar-refractivity contribution >= 4 is 27.4 Å². The molecule has 0 aliphatic heterocycles. The van der Waals surface area contributed by atoms with Gasteiger partial charge in [-0.2, -0.15) is 0 Å². The van der Waals surface area contributed by atoms with Crippen molar-refractivity contribution in [3.05, 3.63) is 35.2 Å². The minimum absolute atomic E-state index is 0.0892. The van der Waals surface area contributed by atoms with E-state index in [-0.39, 0.29) is 12.6 Å². The van der Waals surface area contributed by atoms with Gasteiger partial charge in [0.15, 0.2) is 0 Å². The Balaban J connectivity index is 2.17. The largest absolute Gasteiger partial charge is 0.480 e. The highest BCUT2D eigenvalue weighted by Gasteiger charge is 2.14. The van der Waals surface area contributed by atoms with Crippen LogP contribution in [-0.2, 0) is 11.3 Å². The van der Waals surface area contributed by atoms with Crippen LogP contribution in [0.1, 0.15) is 18.7 Å². The molecule has 0 aliphatic rings. The molecule has 18 heavy (non-hydrogen) atoms. The number of benzene rings is 1. The van der Waals surface area contributed by atoms with Gasteiger partial charge in [-0.3, -0.25) is 9.69 Å². The van der Waals surface area contributed by atoms with Gasteiger partial charge in [-0.05, 0) is 31.4 Å². The topological polar surface area (TPSA) is 40.5 Å². The van der Waals surface area contributed by atoms with Crippen LogP contribution in [0.3, 0.4) is 0 Å². The number of nitrogens with zero attached hydrogens (tertiary/aromatic N) is 1. The van der Waals surface area contributed by atoms with Gasteiger partial charge in [-0.1, -0.05) is 18.2 Å². The average molecular weight is 263 g/mol. The summed E-state index contributed by atoms with van der Waals surface area (Å²) in [5.74, 6) is -0.773. The van der Waals surface area contributed by atoms with Crippen molar-refractivity contribution in [3.63, 3.8) is 0 Å². The number of carboxylic acids is 1. The number of carbonyl (C=O) groups is 1. The molecule has 1 aromatic carbocycles. The van der Waals surface area contributed by atoms with E-state index in [1.54, 1.807) is 11.3 Å². The van der Waals surface area contributed by atoms with E-state index in [0.717, 1.165) is 0 Å². The van der Waals surface area contributed by atoms with Crippen LogP contribution >= 0.6 is 11.3 Å². The lowest BCUT2D eigenvalue weighted by Crippen LogP contribution is -2.34. The molecule has 0 unspecified atom stereocenters. The number of hydrogen-bond donors (Lipinski definition) is 1. The van der Waals surface area contributed by atoms with E-state index >= 15 is 0 Å². The second kappa shape index (κ2) is 5.50. The summed E-state index contributed by atoms with van der Waals surface area (Å²) >= 11 is 1.74. The van der Waals surface area contributed by atoms with Crippen molar-refractivity contribution in [2.24, 2.45) is 0 Å². The first-order valence-corrected chi connectivity index (χ1v) is 6.81. The fourth-order valence-corrected chi connectivity index (χ4v) is 3.00. The van der Waals surface area contributed by atoms with Crippen molar-refractivity contribution in [2.75, 3.05) is 6.54 Å². The SMILES string of the molecule is CC(C)N(CC(=O)O)Cc1cc2ccccc2s1. The van der Waals surface area contributed by atoms with Gasteiger partial charge in [0.25, 0.3) is 0 Å². The maximum atomic E-state index is 10.8. The van der Waals surface area contributed by atoms with E-state index < -0.39 is 5.97 Å². The van der Waals surface area contributed by atoms with E-state index in [0.29, 0.717) is 6.54 Å². The molecule has 0 atom stereocenters. The van der Waals surface area contributed by atoms with Crippen LogP contribution in [0, 0.1) is 0 Å². The Morgan fingerprint density at radius 3 is 2.72 bits per heavy atom. The third-order valence-electron chi connectivity index (χ3n) is 2.90. The smallest absolute Gasteiger partial charge is 0.317 e. The molecule has 0 amide bonds. The second-order valence-corrected chi connectivity index (χ2v) is 5.81. The summed E-state index contributed by atoms with van der Waals surface area (Å²) in [4.78, 5) is 14.0. The van der Waals surface area contributed by atoms with Gasteiger partial charge in [-0.15, -0.1) is 11.3 Å². The van der Waals surface area contributed by atoms with Gasteiger partial charge < -0.3 is 5.11 Å². The zero-order valence-corrected chi connectivity index (χ0v) is 11.4. The molecular formula is C14H17NO2S. The first-order chi connectivity index (χ1) is 8.56. The number of hydrogen-bond acceptors (Lipinski definition) is 3. The molecule has 1 aromatic heterocycles. The summed E-state index contributed by atoms with van der Waals surface area (Å²) in [6.45, 7) is 4.84. The van der Waals surface area contributed by atoms with E-state index in [9.17, 15) is 4.79 Å². The molecule has 0 aliphatic carbocycles. The van der Waals surface area contributed by atoms with Gasteiger partial charge in [0.2, 0.25) is 0 Å². The summed E-state index contributed by atoms with van der Waals surface area (Å²) in [5.41, 5.74) is 0. The number of aliphatic carboxylic acids is 1. The molecule has 3 nitrogen and oxygen atoms in total. The predicted molar refractivity (Wildman–Crippen MR) is 75.0 cm³/mol. The summed E-state index contributed by atoms with van der Waals surface area (Å²) in [5, 5.41) is 10.1. The highest BCUT2D eigenvalue weighted by molar-refractivity contribution is 7.19. The summed E-state index contributed by atoms with van der Waals surface area (Å²) in [6.07, 6.45) is 0. The van der Waals surface area contributed by atoms with Crippen molar-refractivity contribution in [2.45, 2.75) is 26.4 Å². The van der Waals surface area contributed by atoms with Crippen molar-refractivity contribution in [1.29, 1.82) is 0 Å². The van der Waals surface area contributed by atoms with E-state index in [4.69, 9.17) is 5.11 Å². The Morgan fingerprint density at radius 1 is 1.39 bits per heavy atom. The summed E-state index contributed by atoms with van der Waals surface area (Å²) in [7, 11) is 0. The van der Waals surface area contributed by atoms with E-state index in [2.05, 4.69) is 18.2 Å². The summed E-state index contributed by atoms with van der Waals surface area (Å²) < 4.78 is 1.26. The van der Waals surface area contributed by atoms with Gasteiger partial charge in [0.05, 0.1) is 6.54 Å². The van der Waals surface area contributed by atoms with Crippen molar-refractivity contribution < 1.29 is 9.90 Å². The zero-order valence-electron chi connectivity index (χ0n) is 10.6. The van der Waals surface area contributed by atoms with Crippen LogP contribution in [0.15, 0.2) is 30.3 Å². The second-order valence-electron chi connectivity index (χ2n) is 4.64. The Labute approximate surface area is 111 Å². The Hall–Kier alpha value is -1.39. The number of carboxylic acid groups (broad SMARTS) is 1. The van der Waals surface area contributed by atoms with Crippen LogP contribution in [0.2, 0.25) is 0 Å². The van der Waals surface area contributed by atoms with Crippen LogP contribution in [-0.4, -0.2) is 28.6 Å². The lowest BCUT2D eigenvalue weighted by Gasteiger charge is -2.23. The first-order valence-electron chi connectivity index (χ1n) is 5.99. The van der Waals surface area contributed by atoms with Crippen LogP contribution in [0.25, 0.3) is 10.1 Å². The van der Waals surface area contributed by atoms with Crippen molar-refractivity contribution in [3.8, 4) is 0 Å². The molecule has 0 bridgehead atoms. The van der Waals surface area contributed by atoms with E-state index in [1.165, 1.54) is 15.0 Å². The maximum Gasteiger partial charge on any atom is 0.317 e. The molecular weight excluding hydrogens is 246 g/mol. The van der Waals surface area contributed by atoms with Crippen LogP contribution in [0.4, 0.5) is 0 Å². The molecule has 96 valence electrons. The lowest BCUT2D eigenvalue weighted by molar-refractivity contribution is -0.138. The Morgan fingerprint density at radius 2 is 2.11 bits per heavy atom. The van der Waals surface area contributed by atoms with Crippen LogP contribution in [0.5, 0.6) is 0 Å². The minimum atomic E-state index is -0.773. The Bertz CT molecular complexity index is 514. The number of thiophene rings is 1. The standard InChI is InChI=1S/C14H17NO2S/c1-10(2)15(9-14(16)17)8-12-7-11-5-3-4-6-13(11)18-12/h3-7,10H,8-9H2,1-2H3,(H,16,17). The molecule has 2 rings (SSSR count). The maximum absolute atomic E-state index is 10.8. The molecule has 0 saturated heterocycles. The zero-order chi connectivity index (χ0) is 13.1. The number of rotatable bonds is 5. The third kappa shape index (κ3) is 3.09. The highest BCUT2D eigenvalue weighted by Crippen LogP contribution is 2.26.